The number of anilines is 1. The predicted molar refractivity (Wildman–Crippen MR) is 95.0 cm³/mol. The van der Waals surface area contributed by atoms with E-state index in [1.54, 1.807) is 12.1 Å². The Morgan fingerprint density at radius 1 is 1.22 bits per heavy atom. The summed E-state index contributed by atoms with van der Waals surface area (Å²) < 4.78 is 0. The van der Waals surface area contributed by atoms with E-state index in [-0.39, 0.29) is 24.2 Å². The van der Waals surface area contributed by atoms with E-state index < -0.39 is 6.04 Å². The van der Waals surface area contributed by atoms with Gasteiger partial charge in [0, 0.05) is 13.1 Å². The third-order valence-corrected chi connectivity index (χ3v) is 4.00. The van der Waals surface area contributed by atoms with Crippen LogP contribution in [0.2, 0.25) is 0 Å². The van der Waals surface area contributed by atoms with Crippen LogP contribution in [0.5, 0.6) is 0 Å². The van der Waals surface area contributed by atoms with Crippen molar-refractivity contribution < 1.29 is 9.59 Å². The lowest BCUT2D eigenvalue weighted by Crippen LogP contribution is -2.38. The van der Waals surface area contributed by atoms with Crippen molar-refractivity contribution in [3.63, 3.8) is 0 Å². The molecule has 1 atom stereocenters. The zero-order valence-electron chi connectivity index (χ0n) is 13.6. The van der Waals surface area contributed by atoms with Crippen molar-refractivity contribution in [1.29, 1.82) is 0 Å². The molecule has 1 heterocycles. The van der Waals surface area contributed by atoms with Crippen LogP contribution in [-0.4, -0.2) is 35.8 Å². The lowest BCUT2D eigenvalue weighted by atomic mass is 10.1. The number of likely N-dealkylation sites (tertiary alicyclic amines) is 1. The quantitative estimate of drug-likeness (QED) is 0.866. The first kappa shape index (κ1) is 19.5. The number of benzene rings is 1. The molecule has 0 aromatic heterocycles. The monoisotopic (exact) mass is 339 g/mol. The Labute approximate surface area is 144 Å². The van der Waals surface area contributed by atoms with E-state index in [4.69, 9.17) is 5.73 Å². The van der Waals surface area contributed by atoms with Crippen LogP contribution >= 0.6 is 12.4 Å². The predicted octanol–water partition coefficient (Wildman–Crippen LogP) is 2.80. The number of hydrogen-bond acceptors (Lipinski definition) is 3. The largest absolute Gasteiger partial charge is 0.339 e. The third kappa shape index (κ3) is 5.22. The van der Waals surface area contributed by atoms with E-state index in [0.29, 0.717) is 17.7 Å². The van der Waals surface area contributed by atoms with Crippen LogP contribution in [0.15, 0.2) is 24.3 Å². The molecule has 23 heavy (non-hydrogen) atoms. The van der Waals surface area contributed by atoms with Crippen LogP contribution in [0.25, 0.3) is 0 Å². The topological polar surface area (TPSA) is 75.4 Å². The van der Waals surface area contributed by atoms with Gasteiger partial charge >= 0.3 is 0 Å². The van der Waals surface area contributed by atoms with Crippen molar-refractivity contribution in [2.24, 2.45) is 5.73 Å². The number of carbonyl (C=O) groups excluding carboxylic acids is 2. The number of para-hydroxylation sites is 1. The zero-order valence-corrected chi connectivity index (χ0v) is 14.4. The molecule has 1 saturated heterocycles. The van der Waals surface area contributed by atoms with Gasteiger partial charge < -0.3 is 16.0 Å². The molecule has 1 aliphatic rings. The van der Waals surface area contributed by atoms with Gasteiger partial charge in [-0.1, -0.05) is 25.5 Å². The molecule has 3 N–H and O–H groups in total. The summed E-state index contributed by atoms with van der Waals surface area (Å²) in [5.74, 6) is -0.250. The number of nitrogens with one attached hydrogen (secondary N) is 1. The van der Waals surface area contributed by atoms with E-state index in [1.807, 2.05) is 24.0 Å². The van der Waals surface area contributed by atoms with Crippen molar-refractivity contribution in [2.45, 2.75) is 45.1 Å². The fourth-order valence-electron chi connectivity index (χ4n) is 2.71. The number of amides is 2. The van der Waals surface area contributed by atoms with Gasteiger partial charge in [0.2, 0.25) is 5.91 Å². The van der Waals surface area contributed by atoms with Crippen molar-refractivity contribution in [2.75, 3.05) is 18.4 Å². The van der Waals surface area contributed by atoms with Crippen molar-refractivity contribution in [3.8, 4) is 0 Å². The summed E-state index contributed by atoms with van der Waals surface area (Å²) in [6, 6.07) is 6.61. The number of piperidine rings is 1. The minimum Gasteiger partial charge on any atom is -0.339 e. The molecular formula is C17H26ClN3O2. The number of nitrogens with zero attached hydrogens (tertiary/aromatic N) is 1. The highest BCUT2D eigenvalue weighted by atomic mass is 35.5. The fraction of sp³-hybridized carbons (Fsp3) is 0.529. The van der Waals surface area contributed by atoms with Crippen LogP contribution in [0, 0.1) is 0 Å². The van der Waals surface area contributed by atoms with Gasteiger partial charge in [-0.2, -0.15) is 0 Å². The molecule has 1 aromatic rings. The maximum Gasteiger partial charge on any atom is 0.255 e. The van der Waals surface area contributed by atoms with E-state index in [0.717, 1.165) is 32.4 Å². The summed E-state index contributed by atoms with van der Waals surface area (Å²) in [6.45, 7) is 3.56. The van der Waals surface area contributed by atoms with Crippen molar-refractivity contribution in [3.05, 3.63) is 29.8 Å². The smallest absolute Gasteiger partial charge is 0.255 e. The van der Waals surface area contributed by atoms with E-state index in [2.05, 4.69) is 5.32 Å². The number of rotatable bonds is 5. The number of nitrogens with two attached hydrogens (primary N) is 1. The molecule has 6 heteroatoms. The van der Waals surface area contributed by atoms with Crippen LogP contribution < -0.4 is 11.1 Å². The van der Waals surface area contributed by atoms with Gasteiger partial charge in [0.25, 0.3) is 5.91 Å². The molecule has 2 rings (SSSR count). The third-order valence-electron chi connectivity index (χ3n) is 4.00. The molecule has 128 valence electrons. The van der Waals surface area contributed by atoms with Crippen molar-refractivity contribution >= 4 is 29.9 Å². The maximum absolute atomic E-state index is 12.6. The van der Waals surface area contributed by atoms with Gasteiger partial charge in [0.1, 0.15) is 0 Å². The zero-order chi connectivity index (χ0) is 15.9. The average Bonchev–Trinajstić information content (AvgIpc) is 2.55. The Morgan fingerprint density at radius 3 is 2.52 bits per heavy atom. The van der Waals surface area contributed by atoms with Gasteiger partial charge in [0.15, 0.2) is 0 Å². The standard InChI is InChI=1S/C17H25N3O2.ClH/c1-2-8-14(18)16(21)19-15-10-5-4-9-13(15)17(22)20-11-6-3-7-12-20;/h4-5,9-10,14H,2-3,6-8,11-12,18H2,1H3,(H,19,21);1H. The second kappa shape index (κ2) is 9.53. The van der Waals surface area contributed by atoms with E-state index in [9.17, 15) is 9.59 Å². The van der Waals surface area contributed by atoms with E-state index >= 15 is 0 Å². The van der Waals surface area contributed by atoms with Gasteiger partial charge in [-0.25, -0.2) is 0 Å². The Morgan fingerprint density at radius 2 is 1.87 bits per heavy atom. The minimum absolute atomic E-state index is 0. The summed E-state index contributed by atoms with van der Waals surface area (Å²) >= 11 is 0. The fourth-order valence-corrected chi connectivity index (χ4v) is 2.71. The molecule has 0 spiro atoms. The lowest BCUT2D eigenvalue weighted by Gasteiger charge is -2.27. The van der Waals surface area contributed by atoms with Crippen LogP contribution in [0.3, 0.4) is 0 Å². The highest BCUT2D eigenvalue weighted by molar-refractivity contribution is 6.04. The van der Waals surface area contributed by atoms with E-state index in [1.165, 1.54) is 6.42 Å². The Hall–Kier alpha value is -1.59. The molecule has 1 unspecified atom stereocenters. The first-order valence-electron chi connectivity index (χ1n) is 8.08. The van der Waals surface area contributed by atoms with Crippen LogP contribution in [0.4, 0.5) is 5.69 Å². The molecule has 2 amide bonds. The molecule has 5 nitrogen and oxygen atoms in total. The van der Waals surface area contributed by atoms with Gasteiger partial charge in [0.05, 0.1) is 17.3 Å². The average molecular weight is 340 g/mol. The highest BCUT2D eigenvalue weighted by Gasteiger charge is 2.22. The SMILES string of the molecule is CCCC(N)C(=O)Nc1ccccc1C(=O)N1CCCCC1.Cl. The Kier molecular flexibility index (Phi) is 8.06. The molecule has 0 aliphatic carbocycles. The second-order valence-electron chi connectivity index (χ2n) is 5.78. The molecule has 0 radical (unpaired) electrons. The second-order valence-corrected chi connectivity index (χ2v) is 5.78. The molecular weight excluding hydrogens is 314 g/mol. The summed E-state index contributed by atoms with van der Waals surface area (Å²) in [6.07, 6.45) is 4.74. The first-order valence-corrected chi connectivity index (χ1v) is 8.08. The molecule has 0 bridgehead atoms. The molecule has 1 fully saturated rings. The van der Waals surface area contributed by atoms with Gasteiger partial charge in [-0.05, 0) is 37.8 Å². The normalized spacial score (nSPS) is 15.5. The summed E-state index contributed by atoms with van der Waals surface area (Å²) in [4.78, 5) is 26.6. The lowest BCUT2D eigenvalue weighted by molar-refractivity contribution is -0.117. The molecule has 1 aromatic carbocycles. The summed E-state index contributed by atoms with van der Waals surface area (Å²) in [5, 5.41) is 2.80. The molecule has 0 saturated carbocycles. The van der Waals surface area contributed by atoms with Crippen LogP contribution in [-0.2, 0) is 4.79 Å². The maximum atomic E-state index is 12.6. The van der Waals surface area contributed by atoms with Gasteiger partial charge in [-0.3, -0.25) is 9.59 Å². The Balaban J connectivity index is 0.00000264. The minimum atomic E-state index is -0.539. The number of hydrogen-bond donors (Lipinski definition) is 2. The summed E-state index contributed by atoms with van der Waals surface area (Å²) in [5.41, 5.74) is 6.93. The van der Waals surface area contributed by atoms with Crippen molar-refractivity contribution in [1.82, 2.24) is 4.90 Å². The Bertz CT molecular complexity index is 530. The number of halogens is 1. The summed E-state index contributed by atoms with van der Waals surface area (Å²) in [7, 11) is 0. The highest BCUT2D eigenvalue weighted by Crippen LogP contribution is 2.20. The number of carbonyl (C=O) groups is 2. The van der Waals surface area contributed by atoms with Crippen LogP contribution in [0.1, 0.15) is 49.4 Å². The molecule has 1 aliphatic heterocycles. The first-order chi connectivity index (χ1) is 10.6. The van der Waals surface area contributed by atoms with Gasteiger partial charge in [-0.15, -0.1) is 12.4 Å².